The molecule has 0 radical (unpaired) electrons. The number of para-hydroxylation sites is 1. The van der Waals surface area contributed by atoms with Gasteiger partial charge >= 0.3 is 0 Å². The Labute approximate surface area is 716 Å². The van der Waals surface area contributed by atoms with Crippen LogP contribution in [0.15, 0.2) is 85.3 Å². The molecule has 4 rings (SSSR count). The highest BCUT2D eigenvalue weighted by molar-refractivity contribution is 6.03. The van der Waals surface area contributed by atoms with E-state index in [0.29, 0.717) is 16.8 Å². The van der Waals surface area contributed by atoms with Gasteiger partial charge in [-0.1, -0.05) is 77.9 Å². The normalized spacial score (nSPS) is 14.2. The fourth-order valence-electron chi connectivity index (χ4n) is 12.6. The van der Waals surface area contributed by atoms with Gasteiger partial charge in [0.1, 0.15) is 84.0 Å². The Morgan fingerprint density at radius 1 is 0.403 bits per heavy atom. The molecule has 124 heavy (non-hydrogen) atoms. The number of phenolic OH excluding ortho intramolecular Hbond substituents is 2. The van der Waals surface area contributed by atoms with Crippen molar-refractivity contribution in [2.24, 2.45) is 52.2 Å². The first kappa shape index (κ1) is 102. The van der Waals surface area contributed by atoms with Crippen LogP contribution in [0.1, 0.15) is 146 Å². The third-order valence-electron chi connectivity index (χ3n) is 19.0. The molecule has 0 unspecified atom stereocenters. The summed E-state index contributed by atoms with van der Waals surface area (Å²) < 4.78 is 0. The van der Waals surface area contributed by atoms with E-state index in [2.05, 4.69) is 89.7 Å². The number of hydrogen-bond acceptors (Lipinski definition) is 23. The molecule has 36 N–H and O–H groups in total. The Morgan fingerprint density at radius 3 is 1.16 bits per heavy atom. The van der Waals surface area contributed by atoms with E-state index in [1.807, 2.05) is 0 Å². The van der Waals surface area contributed by atoms with E-state index in [9.17, 15) is 87.2 Å². The lowest BCUT2D eigenvalue weighted by Gasteiger charge is -2.30. The van der Waals surface area contributed by atoms with Crippen molar-refractivity contribution in [3.8, 4) is 11.5 Å². The Kier molecular flexibility index (Phi) is 42.7. The van der Waals surface area contributed by atoms with Gasteiger partial charge in [-0.3, -0.25) is 88.1 Å². The van der Waals surface area contributed by atoms with Crippen molar-refractivity contribution in [3.63, 3.8) is 0 Å². The third-order valence-corrected chi connectivity index (χ3v) is 19.0. The van der Waals surface area contributed by atoms with Crippen LogP contribution in [0.5, 0.6) is 11.5 Å². The zero-order valence-corrected chi connectivity index (χ0v) is 70.3. The summed E-state index contributed by atoms with van der Waals surface area (Å²) in [5.74, 6) is -18.3. The van der Waals surface area contributed by atoms with E-state index in [0.717, 1.165) is 6.92 Å². The van der Waals surface area contributed by atoms with Gasteiger partial charge in [-0.25, -0.2) is 4.98 Å². The van der Waals surface area contributed by atoms with Crippen LogP contribution in [-0.4, -0.2) is 230 Å². The van der Waals surface area contributed by atoms with Crippen LogP contribution in [0.4, 0.5) is 5.69 Å². The minimum atomic E-state index is -1.94. The summed E-state index contributed by atoms with van der Waals surface area (Å²) in [6.45, 7) is 10.9. The third kappa shape index (κ3) is 37.4. The van der Waals surface area contributed by atoms with Crippen LogP contribution in [0.3, 0.4) is 0 Å². The van der Waals surface area contributed by atoms with E-state index < -0.39 is 216 Å². The predicted molar refractivity (Wildman–Crippen MR) is 454 cm³/mol. The minimum Gasteiger partial charge on any atom is -0.508 e. The number of rotatable bonds is 54. The number of primary amides is 3. The average Bonchev–Trinajstić information content (AvgIpc) is 0.895. The van der Waals surface area contributed by atoms with Gasteiger partial charge < -0.3 is 140 Å². The molecule has 3 aromatic carbocycles. The van der Waals surface area contributed by atoms with Gasteiger partial charge in [-0.15, -0.1) is 0 Å². The fourth-order valence-corrected chi connectivity index (χ4v) is 12.6. The lowest BCUT2D eigenvalue weighted by molar-refractivity contribution is -0.138. The number of hydrogen-bond donors (Lipinski definition) is 29. The van der Waals surface area contributed by atoms with E-state index in [4.69, 9.17) is 56.4 Å². The fraction of sp³-hybridized carbons (Fsp3) is 0.506. The van der Waals surface area contributed by atoms with E-state index in [-0.39, 0.29) is 119 Å². The number of benzene rings is 3. The average molecular weight is 1740 g/mol. The van der Waals surface area contributed by atoms with E-state index >= 15 is 0 Å². The molecular formula is C79H121N27O18. The van der Waals surface area contributed by atoms with Crippen molar-refractivity contribution in [2.45, 2.75) is 217 Å². The Morgan fingerprint density at radius 2 is 0.758 bits per heavy atom. The van der Waals surface area contributed by atoms with Crippen molar-refractivity contribution in [1.29, 1.82) is 16.2 Å². The number of nitrogens with zero attached hydrogens (tertiary/aromatic N) is 1. The number of amides is 15. The number of aromatic amines is 1. The maximum atomic E-state index is 14.9. The number of anilines is 1. The van der Waals surface area contributed by atoms with Gasteiger partial charge in [0.05, 0.1) is 24.4 Å². The topological polar surface area (TPSA) is 780 Å². The molecule has 0 bridgehead atoms. The highest BCUT2D eigenvalue weighted by Crippen LogP contribution is 2.19. The number of nitrogens with one attached hydrogen (secondary N) is 19. The number of nitrogens with two attached hydrogens (primary N) is 7. The Balaban J connectivity index is 1.62. The number of H-pyrrole nitrogens is 1. The maximum Gasteiger partial charge on any atom is 0.254 e. The Bertz CT molecular complexity index is 4320. The number of carbonyl (C=O) groups is 15. The molecule has 45 nitrogen and oxygen atoms in total. The number of aromatic nitrogens is 2. The predicted octanol–water partition coefficient (Wildman–Crippen LogP) is -5.89. The van der Waals surface area contributed by atoms with Crippen molar-refractivity contribution in [3.05, 3.63) is 108 Å². The SMILES string of the molecule is CC(C)C[C@H](NC(=O)[C@H](Cc1ccc(O)cc1)NC(=O)[C@H](Cc1cnc[nH]1)NC(=O)[C@H](CCCNC(=N)N)NC(=O)c1ccccc1N)C(=O)N[C@@H](CC(N)=O)C(=O)N[C@@H](CC(C)C)C(=O)N[C@H](C(=O)N[C@H](C(=O)N[C@@H](CCCNC(=N)N)C(=O)N[C@@H](CCC(N)=O)C(=O)N[C@@H](CCCNC(=N)N)C(=O)N[C@@H](Cc1ccc(O)cc1)C(N)=O)[C@@H](C)O)C(C)C. The van der Waals surface area contributed by atoms with Crippen molar-refractivity contribution in [2.75, 3.05) is 25.4 Å². The molecule has 15 amide bonds. The van der Waals surface area contributed by atoms with E-state index in [1.54, 1.807) is 39.8 Å². The quantitative estimate of drug-likeness (QED) is 0.00847. The molecule has 0 saturated heterocycles. The molecule has 0 spiro atoms. The highest BCUT2D eigenvalue weighted by atomic mass is 16.3. The van der Waals surface area contributed by atoms with Crippen molar-refractivity contribution >= 4 is 112 Å². The van der Waals surface area contributed by atoms with Crippen LogP contribution >= 0.6 is 0 Å². The van der Waals surface area contributed by atoms with Gasteiger partial charge in [0, 0.05) is 62.9 Å². The molecular weight excluding hydrogens is 1620 g/mol. The number of imidazole rings is 1. The number of carbonyl (C=O) groups excluding carboxylic acids is 15. The summed E-state index contributed by atoms with van der Waals surface area (Å²) in [5, 5.41) is 92.3. The molecule has 0 aliphatic carbocycles. The van der Waals surface area contributed by atoms with Gasteiger partial charge in [-0.2, -0.15) is 0 Å². The largest absolute Gasteiger partial charge is 0.508 e. The first-order valence-corrected chi connectivity index (χ1v) is 40.2. The summed E-state index contributed by atoms with van der Waals surface area (Å²) in [4.78, 5) is 218. The zero-order chi connectivity index (χ0) is 92.6. The molecule has 1 heterocycles. The number of guanidine groups is 3. The summed E-state index contributed by atoms with van der Waals surface area (Å²) >= 11 is 0. The lowest BCUT2D eigenvalue weighted by Crippen LogP contribution is -2.63. The number of aliphatic hydroxyl groups is 1. The van der Waals surface area contributed by atoms with Gasteiger partial charge in [0.15, 0.2) is 17.9 Å². The van der Waals surface area contributed by atoms with Crippen molar-refractivity contribution in [1.82, 2.24) is 89.7 Å². The summed E-state index contributed by atoms with van der Waals surface area (Å²) in [6.07, 6.45) is -2.39. The second kappa shape index (κ2) is 51.6. The second-order valence-electron chi connectivity index (χ2n) is 30.9. The summed E-state index contributed by atoms with van der Waals surface area (Å²) in [7, 11) is 0. The second-order valence-corrected chi connectivity index (χ2v) is 30.9. The van der Waals surface area contributed by atoms with Crippen LogP contribution in [-0.2, 0) is 86.4 Å². The molecule has 4 aromatic rings. The molecule has 1 aromatic heterocycles. The molecule has 45 heteroatoms. The van der Waals surface area contributed by atoms with Crippen LogP contribution < -0.4 is 120 Å². The first-order chi connectivity index (χ1) is 58.4. The molecule has 0 saturated carbocycles. The van der Waals surface area contributed by atoms with Crippen LogP contribution in [0.2, 0.25) is 0 Å². The number of phenols is 2. The molecule has 0 aliphatic heterocycles. The number of aromatic hydroxyl groups is 2. The molecule has 0 fully saturated rings. The molecule has 0 aliphatic rings. The van der Waals surface area contributed by atoms with E-state index in [1.165, 1.54) is 87.0 Å². The Hall–Kier alpha value is -13.9. The maximum absolute atomic E-state index is 14.9. The number of nitrogen functional groups attached to an aromatic ring is 1. The highest BCUT2D eigenvalue weighted by Gasteiger charge is 2.40. The van der Waals surface area contributed by atoms with Crippen LogP contribution in [0.25, 0.3) is 0 Å². The van der Waals surface area contributed by atoms with Crippen molar-refractivity contribution < 1.29 is 87.2 Å². The number of aliphatic hydroxyl groups excluding tert-OH is 1. The lowest BCUT2D eigenvalue weighted by atomic mass is 9.98. The zero-order valence-electron chi connectivity index (χ0n) is 70.3. The molecule has 680 valence electrons. The van der Waals surface area contributed by atoms with Gasteiger partial charge in [0.25, 0.3) is 5.91 Å². The standard InChI is InChI=1S/C79H121N27O18/c1-39(2)31-55(100-71(119)57(34-44-20-24-47(109)25-21-44)102-72(120)58(35-45-37-90-38-94-45)103-68(116)50(15-10-28-91-77(84)85)95-65(113)48-13-8-9-14-49(48)80)70(118)104-59(36-61(82)111)73(121)101-56(32-40(3)4)74(122)105-62(41(5)6)75(123)106-63(42(7)107)76(124)98-52(17-12-30-93-79(88)89)66(114)97-53(26-27-60(81)110)69(117)96-51(16-11-29-92-78(86)87)67(115)99-54(64(83)112)33-43-18-22-46(108)23-19-43/h8-9,13-14,18-25,37-42,50-59,62-63,107-109H,10-12,15-17,26-36,80H2,1-7H3,(H2,81,110)(H2,82,111)(H2,83,112)(H,90,94)(H,95,113)(H,96,117)(H,97,114)(H,98,124)(H,99,115)(H,100,119)(H,101,121)(H,102,120)(H,103,116)(H,104,118)(H,105,122)(H,106,123)(H4,84,85,91)(H4,86,87,92)(H4,88,89,93)/t42-,50+,51+,52+,53+,54+,55+,56+,57+,58+,59+,62+,63+/m1/s1. The van der Waals surface area contributed by atoms with Crippen LogP contribution in [0, 0.1) is 34.0 Å². The monoisotopic (exact) mass is 1740 g/mol. The minimum absolute atomic E-state index is 0.0181. The summed E-state index contributed by atoms with van der Waals surface area (Å²) in [5.41, 5.74) is 40.7. The van der Waals surface area contributed by atoms with Gasteiger partial charge in [-0.05, 0) is 130 Å². The molecule has 13 atom stereocenters. The smallest absolute Gasteiger partial charge is 0.254 e. The summed E-state index contributed by atoms with van der Waals surface area (Å²) in [6, 6.07) is -1.96. The van der Waals surface area contributed by atoms with Gasteiger partial charge in [0.2, 0.25) is 82.7 Å². The first-order valence-electron chi connectivity index (χ1n) is 40.2.